The normalized spacial score (nSPS) is 15.2. The largest absolute Gasteiger partial charge is 0.444 e. The highest BCUT2D eigenvalue weighted by atomic mass is 19.1. The van der Waals surface area contributed by atoms with E-state index in [9.17, 15) is 14.0 Å². The van der Waals surface area contributed by atoms with Gasteiger partial charge in [-0.3, -0.25) is 20.5 Å². The van der Waals surface area contributed by atoms with Crippen LogP contribution < -0.4 is 20.4 Å². The first-order valence-corrected chi connectivity index (χ1v) is 10.7. The maximum atomic E-state index is 14.8. The van der Waals surface area contributed by atoms with Crippen LogP contribution in [0.25, 0.3) is 0 Å². The molecule has 2 amide bonds. The van der Waals surface area contributed by atoms with Crippen molar-refractivity contribution in [3.05, 3.63) is 24.0 Å². The molecule has 0 bridgehead atoms. The Kier molecular flexibility index (Phi) is 10.0. The Bertz CT molecular complexity index is 860. The van der Waals surface area contributed by atoms with E-state index in [1.807, 2.05) is 0 Å². The molecule has 0 aliphatic carbocycles. The number of amides is 2. The fourth-order valence-corrected chi connectivity index (χ4v) is 3.27. The van der Waals surface area contributed by atoms with Gasteiger partial charge in [-0.15, -0.1) is 0 Å². The van der Waals surface area contributed by atoms with Gasteiger partial charge in [-0.25, -0.2) is 9.18 Å². The topological polar surface area (TPSA) is 145 Å². The van der Waals surface area contributed by atoms with Crippen molar-refractivity contribution >= 4 is 35.5 Å². The smallest absolute Gasteiger partial charge is 0.414 e. The van der Waals surface area contributed by atoms with Crippen molar-refractivity contribution in [1.82, 2.24) is 15.5 Å². The number of likely N-dealkylation sites (N-methyl/N-ethyl adjacent to an activating group) is 1. The standard InChI is InChI=1S/C21H32FN7O4.H2/c1-15(31)26-6-5-17-13-29(21(32)33-17)16-3-4-19(18(22)11-16)28(14-23)8-7-25-12-20(24)27(2)9-10-30;/h3-4,11,14,17,23-25,30H,5-10,12-13H2,1-2H3,(H,26,31);1H/t17-;/m0./s1. The van der Waals surface area contributed by atoms with Crippen LogP contribution in [0, 0.1) is 16.6 Å². The van der Waals surface area contributed by atoms with E-state index in [0.717, 1.165) is 6.34 Å². The minimum absolute atomic E-state index is 0. The fourth-order valence-electron chi connectivity index (χ4n) is 3.27. The van der Waals surface area contributed by atoms with Gasteiger partial charge in [0.15, 0.2) is 0 Å². The first-order chi connectivity index (χ1) is 15.8. The summed E-state index contributed by atoms with van der Waals surface area (Å²) >= 11 is 0. The third kappa shape index (κ3) is 7.68. The molecule has 1 aromatic rings. The van der Waals surface area contributed by atoms with Crippen molar-refractivity contribution in [2.24, 2.45) is 0 Å². The van der Waals surface area contributed by atoms with E-state index in [2.05, 4.69) is 10.6 Å². The van der Waals surface area contributed by atoms with Gasteiger partial charge in [0.2, 0.25) is 5.91 Å². The minimum Gasteiger partial charge on any atom is -0.444 e. The highest BCUT2D eigenvalue weighted by Crippen LogP contribution is 2.28. The maximum Gasteiger partial charge on any atom is 0.414 e. The number of carbonyl (C=O) groups excluding carboxylic acids is 2. The van der Waals surface area contributed by atoms with Crippen LogP contribution in [0.1, 0.15) is 14.8 Å². The molecule has 11 nitrogen and oxygen atoms in total. The van der Waals surface area contributed by atoms with Gasteiger partial charge in [0.1, 0.15) is 17.8 Å². The number of cyclic esters (lactones) is 1. The lowest BCUT2D eigenvalue weighted by molar-refractivity contribution is -0.119. The molecule has 0 aromatic heterocycles. The first kappa shape index (κ1) is 26.0. The van der Waals surface area contributed by atoms with Gasteiger partial charge in [-0.1, -0.05) is 0 Å². The second-order valence-corrected chi connectivity index (χ2v) is 7.61. The molecule has 2 rings (SSSR count). The van der Waals surface area contributed by atoms with E-state index >= 15 is 0 Å². The van der Waals surface area contributed by atoms with E-state index in [0.29, 0.717) is 44.1 Å². The molecule has 5 N–H and O–H groups in total. The molecule has 1 aliphatic heterocycles. The maximum absolute atomic E-state index is 14.8. The minimum atomic E-state index is -0.582. The Hall–Kier alpha value is -3.25. The monoisotopic (exact) mass is 467 g/mol. The summed E-state index contributed by atoms with van der Waals surface area (Å²) in [4.78, 5) is 27.5. The lowest BCUT2D eigenvalue weighted by atomic mass is 10.2. The number of anilines is 2. The Morgan fingerprint density at radius 3 is 2.82 bits per heavy atom. The molecular weight excluding hydrogens is 433 g/mol. The van der Waals surface area contributed by atoms with Crippen LogP contribution >= 0.6 is 0 Å². The van der Waals surface area contributed by atoms with Gasteiger partial charge in [0.25, 0.3) is 0 Å². The summed E-state index contributed by atoms with van der Waals surface area (Å²) in [6.07, 6.45) is 0.512. The molecule has 0 radical (unpaired) electrons. The van der Waals surface area contributed by atoms with E-state index in [1.165, 1.54) is 28.9 Å². The van der Waals surface area contributed by atoms with Crippen LogP contribution in [0.3, 0.4) is 0 Å². The number of rotatable bonds is 13. The summed E-state index contributed by atoms with van der Waals surface area (Å²) in [6.45, 7) is 3.36. The van der Waals surface area contributed by atoms with Crippen molar-refractivity contribution in [3.8, 4) is 0 Å². The number of aliphatic hydroxyl groups is 1. The lowest BCUT2D eigenvalue weighted by Crippen LogP contribution is -2.39. The predicted molar refractivity (Wildman–Crippen MR) is 126 cm³/mol. The van der Waals surface area contributed by atoms with Crippen molar-refractivity contribution in [1.29, 1.82) is 10.8 Å². The number of nitrogens with zero attached hydrogens (tertiary/aromatic N) is 3. The van der Waals surface area contributed by atoms with Gasteiger partial charge < -0.3 is 30.3 Å². The quantitative estimate of drug-likeness (QED) is 0.164. The second-order valence-electron chi connectivity index (χ2n) is 7.61. The Balaban J connectivity index is 0.00000578. The van der Waals surface area contributed by atoms with Gasteiger partial charge in [-0.2, -0.15) is 0 Å². The molecular formula is C21H34FN7O4. The Labute approximate surface area is 194 Å². The van der Waals surface area contributed by atoms with Crippen LogP contribution in [0.2, 0.25) is 0 Å². The second kappa shape index (κ2) is 12.7. The number of halogens is 1. The summed E-state index contributed by atoms with van der Waals surface area (Å²) in [7, 11) is 1.71. The van der Waals surface area contributed by atoms with Gasteiger partial charge in [0, 0.05) is 48.0 Å². The summed E-state index contributed by atoms with van der Waals surface area (Å²) in [5, 5.41) is 30.1. The van der Waals surface area contributed by atoms with Crippen LogP contribution in [-0.2, 0) is 9.53 Å². The SMILES string of the molecule is CC(=O)NCC[C@H]1CN(c2ccc(N(C=N)CCNCC(=N)N(C)CCO)c(F)c2)C(=O)O1.[HH]. The average Bonchev–Trinajstić information content (AvgIpc) is 3.14. The molecule has 0 spiro atoms. The van der Waals surface area contributed by atoms with Gasteiger partial charge in [0.05, 0.1) is 37.4 Å². The number of hydrogen-bond acceptors (Lipinski definition) is 7. The number of aliphatic hydroxyl groups excluding tert-OH is 1. The van der Waals surface area contributed by atoms with Crippen molar-refractivity contribution in [2.45, 2.75) is 19.4 Å². The number of ether oxygens (including phenoxy) is 1. The molecule has 0 unspecified atom stereocenters. The van der Waals surface area contributed by atoms with Crippen LogP contribution in [-0.4, -0.2) is 93.2 Å². The molecule has 1 heterocycles. The molecule has 1 aromatic carbocycles. The van der Waals surface area contributed by atoms with Crippen LogP contribution in [0.15, 0.2) is 18.2 Å². The first-order valence-electron chi connectivity index (χ1n) is 10.7. The zero-order valence-electron chi connectivity index (χ0n) is 18.9. The predicted octanol–water partition coefficient (Wildman–Crippen LogP) is 0.828. The molecule has 0 saturated carbocycles. The summed E-state index contributed by atoms with van der Waals surface area (Å²) in [5.41, 5.74) is 0.546. The zero-order chi connectivity index (χ0) is 24.4. The highest BCUT2D eigenvalue weighted by Gasteiger charge is 2.32. The summed E-state index contributed by atoms with van der Waals surface area (Å²) in [6, 6.07) is 4.33. The number of amidine groups is 1. The molecule has 1 atom stereocenters. The fraction of sp³-hybridized carbons (Fsp3) is 0.524. The molecule has 184 valence electrons. The Morgan fingerprint density at radius 1 is 1.42 bits per heavy atom. The number of nitrogens with one attached hydrogen (secondary N) is 4. The lowest BCUT2D eigenvalue weighted by Gasteiger charge is -2.22. The van der Waals surface area contributed by atoms with Crippen molar-refractivity contribution < 1.29 is 25.2 Å². The van der Waals surface area contributed by atoms with Crippen molar-refractivity contribution in [3.63, 3.8) is 0 Å². The Morgan fingerprint density at radius 2 is 2.18 bits per heavy atom. The van der Waals surface area contributed by atoms with Crippen LogP contribution in [0.4, 0.5) is 20.6 Å². The van der Waals surface area contributed by atoms with E-state index in [4.69, 9.17) is 20.7 Å². The van der Waals surface area contributed by atoms with Gasteiger partial charge in [-0.05, 0) is 18.2 Å². The zero-order valence-corrected chi connectivity index (χ0v) is 18.9. The van der Waals surface area contributed by atoms with E-state index in [1.54, 1.807) is 18.0 Å². The average molecular weight is 468 g/mol. The number of benzene rings is 1. The summed E-state index contributed by atoms with van der Waals surface area (Å²) in [5.74, 6) is -0.429. The van der Waals surface area contributed by atoms with Gasteiger partial charge >= 0.3 is 6.09 Å². The molecule has 12 heteroatoms. The molecule has 1 saturated heterocycles. The number of carbonyl (C=O) groups is 2. The molecule has 1 aliphatic rings. The van der Waals surface area contributed by atoms with Crippen molar-refractivity contribution in [2.75, 3.05) is 62.7 Å². The van der Waals surface area contributed by atoms with E-state index in [-0.39, 0.29) is 32.7 Å². The molecule has 33 heavy (non-hydrogen) atoms. The van der Waals surface area contributed by atoms with Crippen LogP contribution in [0.5, 0.6) is 0 Å². The van der Waals surface area contributed by atoms with E-state index < -0.39 is 18.0 Å². The third-order valence-electron chi connectivity index (χ3n) is 5.14. The third-order valence-corrected chi connectivity index (χ3v) is 5.14. The molecule has 1 fully saturated rings. The summed E-state index contributed by atoms with van der Waals surface area (Å²) < 4.78 is 20.1. The number of hydrogen-bond donors (Lipinski definition) is 5. The highest BCUT2D eigenvalue weighted by molar-refractivity contribution is 5.90.